The zero-order valence-corrected chi connectivity index (χ0v) is 25.6. The van der Waals surface area contributed by atoms with E-state index in [4.69, 9.17) is 4.74 Å². The third-order valence-electron chi connectivity index (χ3n) is 8.12. The Labute approximate surface area is 253 Å². The van der Waals surface area contributed by atoms with Crippen molar-refractivity contribution in [2.24, 2.45) is 0 Å². The van der Waals surface area contributed by atoms with Crippen molar-refractivity contribution in [3.8, 4) is 0 Å². The predicted molar refractivity (Wildman–Crippen MR) is 158 cm³/mol. The van der Waals surface area contributed by atoms with Crippen LogP contribution in [0, 0.1) is 5.82 Å². The second-order valence-electron chi connectivity index (χ2n) is 12.2. The molecular formula is C32H35BrFN3O5. The van der Waals surface area contributed by atoms with E-state index in [2.05, 4.69) is 21.2 Å². The van der Waals surface area contributed by atoms with E-state index >= 15 is 0 Å². The SMILES string of the molecule is CC(C)(C)OC(=O)C=C1CCC(N(Cc2ccc(F)cc2)C(=O)CN2C(=O)NC3(CCc4cc(Br)ccc43)C2=O)CC1. The second kappa shape index (κ2) is 11.6. The Kier molecular flexibility index (Phi) is 8.29. The smallest absolute Gasteiger partial charge is 0.331 e. The highest BCUT2D eigenvalue weighted by atomic mass is 79.9. The number of carbonyl (C=O) groups is 4. The van der Waals surface area contributed by atoms with Gasteiger partial charge in [0, 0.05) is 23.1 Å². The topological polar surface area (TPSA) is 96.0 Å². The number of nitrogens with zero attached hydrogens (tertiary/aromatic N) is 2. The van der Waals surface area contributed by atoms with E-state index in [1.54, 1.807) is 17.0 Å². The minimum atomic E-state index is -1.17. The predicted octanol–water partition coefficient (Wildman–Crippen LogP) is 5.52. The fourth-order valence-electron chi connectivity index (χ4n) is 6.12. The quantitative estimate of drug-likeness (QED) is 0.255. The number of urea groups is 1. The maximum atomic E-state index is 13.9. The van der Waals surface area contributed by atoms with Crippen LogP contribution < -0.4 is 5.32 Å². The Hall–Kier alpha value is -3.53. The average molecular weight is 641 g/mol. The summed E-state index contributed by atoms with van der Waals surface area (Å²) >= 11 is 3.46. The second-order valence-corrected chi connectivity index (χ2v) is 13.2. The molecule has 2 aromatic rings. The molecule has 0 aromatic heterocycles. The molecule has 2 aromatic carbocycles. The first-order chi connectivity index (χ1) is 19.8. The van der Waals surface area contributed by atoms with Crippen molar-refractivity contribution in [2.45, 2.75) is 83.0 Å². The third kappa shape index (κ3) is 6.28. The number of allylic oxidation sites excluding steroid dienone is 1. The lowest BCUT2D eigenvalue weighted by atomic mass is 9.89. The van der Waals surface area contributed by atoms with Gasteiger partial charge in [0.2, 0.25) is 5.91 Å². The van der Waals surface area contributed by atoms with Crippen LogP contribution in [-0.4, -0.2) is 51.8 Å². The van der Waals surface area contributed by atoms with E-state index in [1.807, 2.05) is 39.0 Å². The summed E-state index contributed by atoms with van der Waals surface area (Å²) in [7, 11) is 0. The number of esters is 1. The lowest BCUT2D eigenvalue weighted by Crippen LogP contribution is -2.48. The first-order valence-corrected chi connectivity index (χ1v) is 15.0. The average Bonchev–Trinajstić information content (AvgIpc) is 3.39. The number of amides is 4. The summed E-state index contributed by atoms with van der Waals surface area (Å²) in [4.78, 5) is 55.7. The molecule has 1 spiro atoms. The number of aryl methyl sites for hydroxylation is 1. The molecule has 4 amide bonds. The summed E-state index contributed by atoms with van der Waals surface area (Å²) in [6.45, 7) is 5.27. The molecule has 222 valence electrons. The normalized spacial score (nSPS) is 21.8. The van der Waals surface area contributed by atoms with Crippen LogP contribution in [0.2, 0.25) is 0 Å². The highest BCUT2D eigenvalue weighted by Gasteiger charge is 2.55. The maximum Gasteiger partial charge on any atom is 0.331 e. The number of hydrogen-bond acceptors (Lipinski definition) is 5. The summed E-state index contributed by atoms with van der Waals surface area (Å²) < 4.78 is 19.9. The molecule has 42 heavy (non-hydrogen) atoms. The first kappa shape index (κ1) is 29.9. The summed E-state index contributed by atoms with van der Waals surface area (Å²) in [5, 5.41) is 2.88. The molecule has 10 heteroatoms. The van der Waals surface area contributed by atoms with Crippen molar-refractivity contribution in [2.75, 3.05) is 6.54 Å². The number of halogens is 2. The van der Waals surface area contributed by atoms with Crippen LogP contribution in [0.4, 0.5) is 9.18 Å². The number of fused-ring (bicyclic) bond motifs is 2. The molecule has 1 unspecified atom stereocenters. The lowest BCUT2D eigenvalue weighted by molar-refractivity contribution is -0.148. The Morgan fingerprint density at radius 1 is 1.12 bits per heavy atom. The van der Waals surface area contributed by atoms with E-state index in [0.717, 1.165) is 31.6 Å². The molecule has 0 bridgehead atoms. The van der Waals surface area contributed by atoms with Crippen LogP contribution in [0.15, 0.2) is 58.6 Å². The summed E-state index contributed by atoms with van der Waals surface area (Å²) in [6.07, 6.45) is 5.04. The van der Waals surface area contributed by atoms with Crippen LogP contribution in [-0.2, 0) is 37.6 Å². The van der Waals surface area contributed by atoms with E-state index in [1.165, 1.54) is 18.2 Å². The van der Waals surface area contributed by atoms with Crippen LogP contribution >= 0.6 is 15.9 Å². The molecular weight excluding hydrogens is 605 g/mol. The van der Waals surface area contributed by atoms with E-state index in [9.17, 15) is 23.6 Å². The largest absolute Gasteiger partial charge is 0.457 e. The Morgan fingerprint density at radius 3 is 2.48 bits per heavy atom. The number of ether oxygens (including phenoxy) is 1. The van der Waals surface area contributed by atoms with E-state index in [0.29, 0.717) is 38.5 Å². The van der Waals surface area contributed by atoms with Gasteiger partial charge >= 0.3 is 12.0 Å². The molecule has 0 radical (unpaired) electrons. The van der Waals surface area contributed by atoms with Gasteiger partial charge in [-0.05, 0) is 100 Å². The Balaban J connectivity index is 1.33. The highest BCUT2D eigenvalue weighted by Crippen LogP contribution is 2.42. The fraction of sp³-hybridized carbons (Fsp3) is 0.438. The van der Waals surface area contributed by atoms with E-state index < -0.39 is 29.6 Å². The minimum absolute atomic E-state index is 0.183. The third-order valence-corrected chi connectivity index (χ3v) is 8.61. The Morgan fingerprint density at radius 2 is 1.81 bits per heavy atom. The van der Waals surface area contributed by atoms with Crippen LogP contribution in [0.1, 0.15) is 69.6 Å². The first-order valence-electron chi connectivity index (χ1n) is 14.2. The monoisotopic (exact) mass is 639 g/mol. The van der Waals surface area contributed by atoms with Crippen molar-refractivity contribution in [1.29, 1.82) is 0 Å². The lowest BCUT2D eigenvalue weighted by Gasteiger charge is -2.36. The standard InChI is InChI=1S/C32H35BrFN3O5/c1-31(2,3)42-28(39)16-20-6-11-25(12-7-20)36(18-21-4-9-24(34)10-5-21)27(38)19-37-29(40)32(35-30(37)41)15-14-22-17-23(33)8-13-26(22)32/h4-5,8-10,13,16-17,25H,6-7,11-12,14-15,18-19H2,1-3H3,(H,35,41). The molecule has 3 aliphatic rings. The summed E-state index contributed by atoms with van der Waals surface area (Å²) in [5.41, 5.74) is 1.70. The minimum Gasteiger partial charge on any atom is -0.457 e. The summed E-state index contributed by atoms with van der Waals surface area (Å²) in [5.74, 6) is -1.54. The van der Waals surface area contributed by atoms with Crippen molar-refractivity contribution < 1.29 is 28.3 Å². The van der Waals surface area contributed by atoms with Gasteiger partial charge in [0.25, 0.3) is 5.91 Å². The van der Waals surface area contributed by atoms with Gasteiger partial charge in [0.15, 0.2) is 0 Å². The number of carbonyl (C=O) groups excluding carboxylic acids is 4. The molecule has 5 rings (SSSR count). The van der Waals surface area contributed by atoms with Crippen molar-refractivity contribution in [3.63, 3.8) is 0 Å². The molecule has 1 heterocycles. The maximum absolute atomic E-state index is 13.9. The van der Waals surface area contributed by atoms with Gasteiger partial charge in [-0.15, -0.1) is 0 Å². The zero-order chi connectivity index (χ0) is 30.2. The van der Waals surface area contributed by atoms with Crippen LogP contribution in [0.5, 0.6) is 0 Å². The van der Waals surface area contributed by atoms with Gasteiger partial charge in [-0.25, -0.2) is 14.0 Å². The van der Waals surface area contributed by atoms with Gasteiger partial charge in [0.05, 0.1) is 0 Å². The van der Waals surface area contributed by atoms with Gasteiger partial charge in [0.1, 0.15) is 23.5 Å². The van der Waals surface area contributed by atoms with Gasteiger partial charge < -0.3 is 15.0 Å². The molecule has 2 aliphatic carbocycles. The molecule has 1 atom stereocenters. The number of imide groups is 1. The number of hydrogen-bond donors (Lipinski definition) is 1. The van der Waals surface area contributed by atoms with Crippen molar-refractivity contribution >= 4 is 39.7 Å². The molecule has 1 saturated carbocycles. The van der Waals surface area contributed by atoms with Crippen LogP contribution in [0.25, 0.3) is 0 Å². The zero-order valence-electron chi connectivity index (χ0n) is 24.0. The van der Waals surface area contributed by atoms with Crippen LogP contribution in [0.3, 0.4) is 0 Å². The van der Waals surface area contributed by atoms with Gasteiger partial charge in [-0.1, -0.05) is 39.7 Å². The highest BCUT2D eigenvalue weighted by molar-refractivity contribution is 9.10. The summed E-state index contributed by atoms with van der Waals surface area (Å²) in [6, 6.07) is 10.8. The molecule has 1 N–H and O–H groups in total. The molecule has 2 fully saturated rings. The molecule has 1 saturated heterocycles. The molecule has 8 nitrogen and oxygen atoms in total. The van der Waals surface area contributed by atoms with Crippen molar-refractivity contribution in [1.82, 2.24) is 15.1 Å². The number of nitrogens with one attached hydrogen (secondary N) is 1. The van der Waals surface area contributed by atoms with Gasteiger partial charge in [-0.2, -0.15) is 0 Å². The van der Waals surface area contributed by atoms with Crippen molar-refractivity contribution in [3.05, 3.63) is 81.1 Å². The van der Waals surface area contributed by atoms with Gasteiger partial charge in [-0.3, -0.25) is 14.5 Å². The Bertz CT molecular complexity index is 1440. The number of rotatable bonds is 6. The number of benzene rings is 2. The fourth-order valence-corrected chi connectivity index (χ4v) is 6.53. The molecule has 1 aliphatic heterocycles. The van der Waals surface area contributed by atoms with E-state index in [-0.39, 0.29) is 30.3 Å².